The highest BCUT2D eigenvalue weighted by molar-refractivity contribution is 5.81. The summed E-state index contributed by atoms with van der Waals surface area (Å²) in [7, 11) is 1.71. The van der Waals surface area contributed by atoms with Crippen molar-refractivity contribution in [3.63, 3.8) is 0 Å². The van der Waals surface area contributed by atoms with Crippen molar-refractivity contribution in [2.75, 3.05) is 33.4 Å². The lowest BCUT2D eigenvalue weighted by Crippen LogP contribution is -2.41. The van der Waals surface area contributed by atoms with E-state index in [0.717, 1.165) is 45.2 Å². The monoisotopic (exact) mass is 280 g/mol. The maximum atomic E-state index is 12.5. The molecule has 3 aliphatic rings. The summed E-state index contributed by atoms with van der Waals surface area (Å²) in [6, 6.07) is 0. The first-order chi connectivity index (χ1) is 9.66. The second kappa shape index (κ2) is 5.35. The van der Waals surface area contributed by atoms with Gasteiger partial charge in [0.05, 0.1) is 12.5 Å². The lowest BCUT2D eigenvalue weighted by molar-refractivity contribution is -0.136. The average molecular weight is 280 g/mol. The van der Waals surface area contributed by atoms with Crippen molar-refractivity contribution >= 4 is 11.8 Å². The number of carbonyl (C=O) groups is 2. The van der Waals surface area contributed by atoms with Crippen molar-refractivity contribution in [3.05, 3.63) is 0 Å². The Balaban J connectivity index is 1.68. The first kappa shape index (κ1) is 13.9. The van der Waals surface area contributed by atoms with Crippen molar-refractivity contribution in [1.29, 1.82) is 0 Å². The number of nitrogens with zero attached hydrogens (tertiary/aromatic N) is 1. The van der Waals surface area contributed by atoms with Gasteiger partial charge in [-0.25, -0.2) is 0 Å². The van der Waals surface area contributed by atoms with Gasteiger partial charge in [-0.3, -0.25) is 9.59 Å². The molecule has 0 radical (unpaired) electrons. The summed E-state index contributed by atoms with van der Waals surface area (Å²) >= 11 is 0. The molecule has 112 valence electrons. The van der Waals surface area contributed by atoms with Gasteiger partial charge in [0.25, 0.3) is 0 Å². The van der Waals surface area contributed by atoms with Gasteiger partial charge in [-0.2, -0.15) is 0 Å². The minimum absolute atomic E-state index is 0.0369. The van der Waals surface area contributed by atoms with Crippen LogP contribution in [0.4, 0.5) is 0 Å². The molecule has 5 nitrogen and oxygen atoms in total. The van der Waals surface area contributed by atoms with E-state index in [9.17, 15) is 9.59 Å². The molecule has 0 aromatic carbocycles. The van der Waals surface area contributed by atoms with Crippen molar-refractivity contribution in [2.24, 2.45) is 17.3 Å². The van der Waals surface area contributed by atoms with E-state index in [4.69, 9.17) is 4.74 Å². The van der Waals surface area contributed by atoms with Gasteiger partial charge < -0.3 is 15.0 Å². The fraction of sp³-hybridized carbons (Fsp3) is 0.867. The van der Waals surface area contributed by atoms with E-state index in [1.54, 1.807) is 7.05 Å². The summed E-state index contributed by atoms with van der Waals surface area (Å²) in [5, 5.41) is 2.79. The molecule has 20 heavy (non-hydrogen) atoms. The van der Waals surface area contributed by atoms with Gasteiger partial charge in [0, 0.05) is 38.1 Å². The Morgan fingerprint density at radius 3 is 2.85 bits per heavy atom. The summed E-state index contributed by atoms with van der Waals surface area (Å²) in [4.78, 5) is 26.5. The molecule has 1 saturated carbocycles. The SMILES string of the molecule is CNC(=O)[C@H]1CCC[C@]12CCN(C(=O)C1CCOC1)C2. The Hall–Kier alpha value is -1.10. The van der Waals surface area contributed by atoms with Crippen LogP contribution in [-0.4, -0.2) is 50.1 Å². The minimum Gasteiger partial charge on any atom is -0.381 e. The summed E-state index contributed by atoms with van der Waals surface area (Å²) in [5.74, 6) is 0.526. The van der Waals surface area contributed by atoms with Crippen LogP contribution >= 0.6 is 0 Å². The molecule has 1 unspecified atom stereocenters. The number of ether oxygens (including phenoxy) is 1. The summed E-state index contributed by atoms with van der Waals surface area (Å²) in [6.45, 7) is 2.85. The zero-order valence-electron chi connectivity index (χ0n) is 12.2. The Morgan fingerprint density at radius 1 is 1.30 bits per heavy atom. The molecular formula is C15H24N2O3. The molecule has 3 rings (SSSR count). The molecule has 1 spiro atoms. The predicted octanol–water partition coefficient (Wildman–Crippen LogP) is 0.788. The van der Waals surface area contributed by atoms with Gasteiger partial charge >= 0.3 is 0 Å². The van der Waals surface area contributed by atoms with Crippen LogP contribution in [0.3, 0.4) is 0 Å². The van der Waals surface area contributed by atoms with Crippen LogP contribution in [0.1, 0.15) is 32.1 Å². The lowest BCUT2D eigenvalue weighted by atomic mass is 9.76. The van der Waals surface area contributed by atoms with Crippen LogP contribution in [0, 0.1) is 17.3 Å². The van der Waals surface area contributed by atoms with E-state index >= 15 is 0 Å². The van der Waals surface area contributed by atoms with Gasteiger partial charge in [-0.05, 0) is 25.7 Å². The highest BCUT2D eigenvalue weighted by Crippen LogP contribution is 2.50. The van der Waals surface area contributed by atoms with E-state index in [1.807, 2.05) is 4.90 Å². The van der Waals surface area contributed by atoms with Crippen molar-refractivity contribution in [1.82, 2.24) is 10.2 Å². The Kier molecular flexibility index (Phi) is 3.71. The molecule has 2 heterocycles. The van der Waals surface area contributed by atoms with E-state index in [1.165, 1.54) is 0 Å². The molecule has 2 aliphatic heterocycles. The summed E-state index contributed by atoms with van der Waals surface area (Å²) < 4.78 is 5.32. The number of amides is 2. The third-order valence-electron chi connectivity index (χ3n) is 5.45. The summed E-state index contributed by atoms with van der Waals surface area (Å²) in [6.07, 6.45) is 4.97. The largest absolute Gasteiger partial charge is 0.381 e. The van der Waals surface area contributed by atoms with Gasteiger partial charge in [0.1, 0.15) is 0 Å². The predicted molar refractivity (Wildman–Crippen MR) is 74.0 cm³/mol. The van der Waals surface area contributed by atoms with Crippen molar-refractivity contribution < 1.29 is 14.3 Å². The number of nitrogens with one attached hydrogen (secondary N) is 1. The fourth-order valence-electron chi connectivity index (χ4n) is 4.28. The lowest BCUT2D eigenvalue weighted by Gasteiger charge is -2.30. The van der Waals surface area contributed by atoms with Crippen molar-refractivity contribution in [2.45, 2.75) is 32.1 Å². The van der Waals surface area contributed by atoms with E-state index in [0.29, 0.717) is 13.2 Å². The van der Waals surface area contributed by atoms with Gasteiger partial charge in [-0.1, -0.05) is 6.42 Å². The highest BCUT2D eigenvalue weighted by Gasteiger charge is 2.51. The first-order valence-electron chi connectivity index (χ1n) is 7.74. The second-order valence-electron chi connectivity index (χ2n) is 6.49. The van der Waals surface area contributed by atoms with Gasteiger partial charge in [-0.15, -0.1) is 0 Å². The maximum Gasteiger partial charge on any atom is 0.228 e. The molecule has 3 fully saturated rings. The highest BCUT2D eigenvalue weighted by atomic mass is 16.5. The van der Waals surface area contributed by atoms with Crippen LogP contribution in [0.15, 0.2) is 0 Å². The number of rotatable bonds is 2. The zero-order valence-corrected chi connectivity index (χ0v) is 12.2. The Labute approximate surface area is 120 Å². The van der Waals surface area contributed by atoms with Crippen molar-refractivity contribution in [3.8, 4) is 0 Å². The Bertz CT molecular complexity index is 406. The van der Waals surface area contributed by atoms with Gasteiger partial charge in [0.15, 0.2) is 0 Å². The number of hydrogen-bond donors (Lipinski definition) is 1. The van der Waals surface area contributed by atoms with Crippen LogP contribution in [-0.2, 0) is 14.3 Å². The molecule has 0 bridgehead atoms. The Morgan fingerprint density at radius 2 is 2.15 bits per heavy atom. The smallest absolute Gasteiger partial charge is 0.228 e. The molecular weight excluding hydrogens is 256 g/mol. The first-order valence-corrected chi connectivity index (χ1v) is 7.74. The normalized spacial score (nSPS) is 36.8. The zero-order chi connectivity index (χ0) is 14.2. The number of likely N-dealkylation sites (tertiary alicyclic amines) is 1. The minimum atomic E-state index is 0.0369. The molecule has 1 N–H and O–H groups in total. The second-order valence-corrected chi connectivity index (χ2v) is 6.49. The van der Waals surface area contributed by atoms with Crippen LogP contribution in [0.2, 0.25) is 0 Å². The van der Waals surface area contributed by atoms with Crippen LogP contribution in [0.25, 0.3) is 0 Å². The maximum absolute atomic E-state index is 12.5. The van der Waals surface area contributed by atoms with Crippen LogP contribution in [0.5, 0.6) is 0 Å². The third-order valence-corrected chi connectivity index (χ3v) is 5.45. The van der Waals surface area contributed by atoms with E-state index in [-0.39, 0.29) is 29.1 Å². The number of hydrogen-bond acceptors (Lipinski definition) is 3. The molecule has 0 aromatic heterocycles. The third kappa shape index (κ3) is 2.22. The standard InChI is InChI=1S/C15H24N2O3/c1-16-13(18)12-3-2-5-15(12)6-7-17(10-15)14(19)11-4-8-20-9-11/h11-12H,2-10H2,1H3,(H,16,18)/t11?,12-,15-/m1/s1. The molecule has 5 heteroatoms. The molecule has 3 atom stereocenters. The van der Waals surface area contributed by atoms with Gasteiger partial charge in [0.2, 0.25) is 11.8 Å². The molecule has 2 amide bonds. The average Bonchev–Trinajstić information content (AvgIpc) is 3.19. The van der Waals surface area contributed by atoms with E-state index in [2.05, 4.69) is 5.32 Å². The molecule has 0 aromatic rings. The van der Waals surface area contributed by atoms with Crippen LogP contribution < -0.4 is 5.32 Å². The fourth-order valence-corrected chi connectivity index (χ4v) is 4.28. The molecule has 2 saturated heterocycles. The summed E-state index contributed by atoms with van der Waals surface area (Å²) in [5.41, 5.74) is 0.0369. The topological polar surface area (TPSA) is 58.6 Å². The molecule has 1 aliphatic carbocycles. The van der Waals surface area contributed by atoms with E-state index < -0.39 is 0 Å². The quantitative estimate of drug-likeness (QED) is 0.813. The number of carbonyl (C=O) groups excluding carboxylic acids is 2.